The molecule has 6 heteroatoms. The molecule has 0 saturated carbocycles. The first-order valence-electron chi connectivity index (χ1n) is 9.87. The minimum atomic E-state index is -0.266. The van der Waals surface area contributed by atoms with Crippen LogP contribution in [0.15, 0.2) is 48.5 Å². The highest BCUT2D eigenvalue weighted by Gasteiger charge is 2.26. The van der Waals surface area contributed by atoms with E-state index in [-0.39, 0.29) is 23.5 Å². The Morgan fingerprint density at radius 1 is 0.862 bits per heavy atom. The molecule has 29 heavy (non-hydrogen) atoms. The summed E-state index contributed by atoms with van der Waals surface area (Å²) < 4.78 is 0. The minimum Gasteiger partial charge on any atom is -0.369 e. The lowest BCUT2D eigenvalue weighted by Crippen LogP contribution is -2.52. The predicted molar refractivity (Wildman–Crippen MR) is 115 cm³/mol. The molecule has 6 nitrogen and oxygen atoms in total. The van der Waals surface area contributed by atoms with Crippen LogP contribution < -0.4 is 10.2 Å². The number of nitrogens with zero attached hydrogens (tertiary/aromatic N) is 2. The monoisotopic (exact) mass is 393 g/mol. The van der Waals surface area contributed by atoms with Gasteiger partial charge < -0.3 is 10.2 Å². The number of piperazine rings is 1. The van der Waals surface area contributed by atoms with Gasteiger partial charge in [0.25, 0.3) is 0 Å². The van der Waals surface area contributed by atoms with Gasteiger partial charge in [0.05, 0.1) is 6.04 Å². The third-order valence-electron chi connectivity index (χ3n) is 5.42. The molecule has 2 aromatic carbocycles. The number of nitrogens with one attached hydrogen (secondary N) is 1. The Bertz CT molecular complexity index is 900. The first-order valence-corrected chi connectivity index (χ1v) is 9.87. The number of rotatable bonds is 6. The highest BCUT2D eigenvalue weighted by Crippen LogP contribution is 2.19. The van der Waals surface area contributed by atoms with Gasteiger partial charge in [0, 0.05) is 48.7 Å². The molecule has 0 aromatic heterocycles. The van der Waals surface area contributed by atoms with Gasteiger partial charge in [-0.25, -0.2) is 0 Å². The van der Waals surface area contributed by atoms with Crippen LogP contribution in [0.1, 0.15) is 41.5 Å². The molecule has 3 rings (SSSR count). The van der Waals surface area contributed by atoms with E-state index in [4.69, 9.17) is 0 Å². The summed E-state index contributed by atoms with van der Waals surface area (Å²) in [5, 5.41) is 2.92. The fourth-order valence-electron chi connectivity index (χ4n) is 3.50. The number of hydrogen-bond acceptors (Lipinski definition) is 5. The van der Waals surface area contributed by atoms with Crippen LogP contribution in [0.5, 0.6) is 0 Å². The van der Waals surface area contributed by atoms with Crippen molar-refractivity contribution >= 4 is 28.8 Å². The minimum absolute atomic E-state index is 0.0263. The Kier molecular flexibility index (Phi) is 6.44. The zero-order valence-corrected chi connectivity index (χ0v) is 17.1. The SMILES string of the molecule is CC(=O)c1ccc(N2CCN([C@@H](C)C(=O)Nc3cccc(C(C)=O)c3)CC2)cc1. The zero-order valence-electron chi connectivity index (χ0n) is 17.1. The highest BCUT2D eigenvalue weighted by molar-refractivity contribution is 5.98. The quantitative estimate of drug-likeness (QED) is 0.763. The molecule has 1 aliphatic rings. The molecular formula is C23H27N3O3. The first-order chi connectivity index (χ1) is 13.8. The number of hydrogen-bond donors (Lipinski definition) is 1. The molecule has 152 valence electrons. The second kappa shape index (κ2) is 9.01. The third-order valence-corrected chi connectivity index (χ3v) is 5.42. The summed E-state index contributed by atoms with van der Waals surface area (Å²) in [5.74, 6) is -0.0402. The molecule has 1 heterocycles. The maximum absolute atomic E-state index is 12.7. The normalized spacial score (nSPS) is 15.6. The van der Waals surface area contributed by atoms with E-state index in [9.17, 15) is 14.4 Å². The third kappa shape index (κ3) is 5.09. The number of benzene rings is 2. The van der Waals surface area contributed by atoms with Crippen molar-refractivity contribution in [2.24, 2.45) is 0 Å². The Morgan fingerprint density at radius 2 is 1.48 bits per heavy atom. The molecule has 0 unspecified atom stereocenters. The molecule has 1 fully saturated rings. The van der Waals surface area contributed by atoms with Gasteiger partial charge in [0.2, 0.25) is 5.91 Å². The summed E-state index contributed by atoms with van der Waals surface area (Å²) in [6.45, 7) is 8.16. The smallest absolute Gasteiger partial charge is 0.241 e. The topological polar surface area (TPSA) is 69.7 Å². The van der Waals surface area contributed by atoms with E-state index in [0.717, 1.165) is 31.9 Å². The second-order valence-corrected chi connectivity index (χ2v) is 7.43. The van der Waals surface area contributed by atoms with E-state index in [1.807, 2.05) is 31.2 Å². The Hall–Kier alpha value is -2.99. The van der Waals surface area contributed by atoms with Crippen LogP contribution in [0.25, 0.3) is 0 Å². The van der Waals surface area contributed by atoms with E-state index in [0.29, 0.717) is 16.8 Å². The summed E-state index contributed by atoms with van der Waals surface area (Å²) in [5.41, 5.74) is 3.03. The van der Waals surface area contributed by atoms with Gasteiger partial charge in [-0.1, -0.05) is 12.1 Å². The Balaban J connectivity index is 1.56. The summed E-state index contributed by atoms with van der Waals surface area (Å²) in [7, 11) is 0. The summed E-state index contributed by atoms with van der Waals surface area (Å²) >= 11 is 0. The van der Waals surface area contributed by atoms with Crippen molar-refractivity contribution in [2.75, 3.05) is 36.4 Å². The number of Topliss-reactive ketones (excluding diaryl/α,β-unsaturated/α-hetero) is 2. The van der Waals surface area contributed by atoms with Crippen molar-refractivity contribution in [1.29, 1.82) is 0 Å². The number of amides is 1. The summed E-state index contributed by atoms with van der Waals surface area (Å²) in [6.07, 6.45) is 0. The van der Waals surface area contributed by atoms with Gasteiger partial charge in [-0.15, -0.1) is 0 Å². The molecule has 1 aliphatic heterocycles. The van der Waals surface area contributed by atoms with Crippen LogP contribution in [-0.2, 0) is 4.79 Å². The lowest BCUT2D eigenvalue weighted by molar-refractivity contribution is -0.120. The van der Waals surface area contributed by atoms with Crippen LogP contribution in [0.4, 0.5) is 11.4 Å². The maximum Gasteiger partial charge on any atom is 0.241 e. The van der Waals surface area contributed by atoms with E-state index in [1.54, 1.807) is 31.2 Å². The van der Waals surface area contributed by atoms with Gasteiger partial charge in [0.15, 0.2) is 11.6 Å². The molecule has 1 N–H and O–H groups in total. The van der Waals surface area contributed by atoms with Gasteiger partial charge in [-0.05, 0) is 57.2 Å². The molecule has 0 radical (unpaired) electrons. The van der Waals surface area contributed by atoms with Crippen molar-refractivity contribution in [1.82, 2.24) is 4.90 Å². The van der Waals surface area contributed by atoms with Crippen molar-refractivity contribution in [2.45, 2.75) is 26.8 Å². The van der Waals surface area contributed by atoms with Crippen molar-refractivity contribution in [3.8, 4) is 0 Å². The van der Waals surface area contributed by atoms with Crippen LogP contribution >= 0.6 is 0 Å². The first kappa shape index (κ1) is 20.7. The van der Waals surface area contributed by atoms with E-state index in [2.05, 4.69) is 15.1 Å². The van der Waals surface area contributed by atoms with Crippen molar-refractivity contribution in [3.63, 3.8) is 0 Å². The van der Waals surface area contributed by atoms with E-state index in [1.165, 1.54) is 6.92 Å². The molecular weight excluding hydrogens is 366 g/mol. The molecule has 2 aromatic rings. The largest absolute Gasteiger partial charge is 0.369 e. The van der Waals surface area contributed by atoms with Gasteiger partial charge >= 0.3 is 0 Å². The summed E-state index contributed by atoms with van der Waals surface area (Å²) in [6, 6.07) is 14.4. The molecule has 0 bridgehead atoms. The average molecular weight is 393 g/mol. The van der Waals surface area contributed by atoms with E-state index < -0.39 is 0 Å². The summed E-state index contributed by atoms with van der Waals surface area (Å²) in [4.78, 5) is 40.0. The second-order valence-electron chi connectivity index (χ2n) is 7.43. The molecule has 1 saturated heterocycles. The Morgan fingerprint density at radius 3 is 2.07 bits per heavy atom. The fraction of sp³-hybridized carbons (Fsp3) is 0.348. The number of carbonyl (C=O) groups excluding carboxylic acids is 3. The number of ketones is 2. The highest BCUT2D eigenvalue weighted by atomic mass is 16.2. The lowest BCUT2D eigenvalue weighted by atomic mass is 10.1. The predicted octanol–water partition coefficient (Wildman–Crippen LogP) is 3.24. The van der Waals surface area contributed by atoms with Crippen LogP contribution in [0.3, 0.4) is 0 Å². The fourth-order valence-corrected chi connectivity index (χ4v) is 3.50. The van der Waals surface area contributed by atoms with Gasteiger partial charge in [0.1, 0.15) is 0 Å². The average Bonchev–Trinajstić information content (AvgIpc) is 2.73. The standard InChI is InChI=1S/C23H27N3O3/c1-16(23(29)24-21-6-4-5-20(15-21)18(3)28)25-11-13-26(14-12-25)22-9-7-19(8-10-22)17(2)27/h4-10,15-16H,11-14H2,1-3H3,(H,24,29)/t16-/m0/s1. The van der Waals surface area contributed by atoms with Crippen LogP contribution in [-0.4, -0.2) is 54.6 Å². The van der Waals surface area contributed by atoms with E-state index >= 15 is 0 Å². The van der Waals surface area contributed by atoms with Crippen LogP contribution in [0, 0.1) is 0 Å². The van der Waals surface area contributed by atoms with Gasteiger partial charge in [-0.3, -0.25) is 19.3 Å². The maximum atomic E-state index is 12.7. The lowest BCUT2D eigenvalue weighted by Gasteiger charge is -2.38. The van der Waals surface area contributed by atoms with Crippen molar-refractivity contribution in [3.05, 3.63) is 59.7 Å². The van der Waals surface area contributed by atoms with Crippen LogP contribution in [0.2, 0.25) is 0 Å². The molecule has 0 aliphatic carbocycles. The number of anilines is 2. The molecule has 0 spiro atoms. The van der Waals surface area contributed by atoms with Crippen molar-refractivity contribution < 1.29 is 14.4 Å². The van der Waals surface area contributed by atoms with Gasteiger partial charge in [-0.2, -0.15) is 0 Å². The molecule has 1 atom stereocenters. The zero-order chi connectivity index (χ0) is 21.0. The molecule has 1 amide bonds. The number of carbonyl (C=O) groups is 3. The Labute approximate surface area is 171 Å².